The van der Waals surface area contributed by atoms with E-state index in [0.29, 0.717) is 0 Å². The Morgan fingerprint density at radius 1 is 1.20 bits per heavy atom. The molecule has 0 saturated carbocycles. The van der Waals surface area contributed by atoms with E-state index in [4.69, 9.17) is 12.2 Å². The van der Waals surface area contributed by atoms with Crippen molar-refractivity contribution >= 4 is 23.0 Å². The summed E-state index contributed by atoms with van der Waals surface area (Å²) in [6, 6.07) is 8.75. The van der Waals surface area contributed by atoms with Crippen LogP contribution in [0, 0.1) is 0 Å². The molecular weight excluding hydrogens is 390 g/mol. The molecule has 1 aromatic carbocycles. The van der Waals surface area contributed by atoms with Gasteiger partial charge in [0.2, 0.25) is 0 Å². The molecule has 1 N–H and O–H groups in total. The van der Waals surface area contributed by atoms with Crippen LogP contribution < -0.4 is 10.2 Å². The Morgan fingerprint density at radius 2 is 2.03 bits per heavy atom. The van der Waals surface area contributed by atoms with Gasteiger partial charge in [0.1, 0.15) is 0 Å². The number of hydrogen-bond donors (Lipinski definition) is 1. The highest BCUT2D eigenvalue weighted by Crippen LogP contribution is 2.19. The lowest BCUT2D eigenvalue weighted by Crippen LogP contribution is -2.40. The van der Waals surface area contributed by atoms with Crippen molar-refractivity contribution in [2.24, 2.45) is 0 Å². The van der Waals surface area contributed by atoms with E-state index in [1.54, 1.807) is 5.57 Å². The SMILES string of the molecule is CN(C)c1ccc(CN(CCCn2ccnc2)C(=S)NCCC2=CCCCC2)cc1. The van der Waals surface area contributed by atoms with Gasteiger partial charge in [0.25, 0.3) is 0 Å². The van der Waals surface area contributed by atoms with Crippen LogP contribution in [-0.4, -0.2) is 46.7 Å². The largest absolute Gasteiger partial charge is 0.378 e. The fraction of sp³-hybridized carbons (Fsp3) is 0.500. The first kappa shape index (κ1) is 22.3. The summed E-state index contributed by atoms with van der Waals surface area (Å²) in [5, 5.41) is 4.37. The predicted molar refractivity (Wildman–Crippen MR) is 130 cm³/mol. The third kappa shape index (κ3) is 7.17. The Balaban J connectivity index is 1.55. The van der Waals surface area contributed by atoms with E-state index in [1.807, 2.05) is 18.7 Å². The zero-order chi connectivity index (χ0) is 21.2. The zero-order valence-corrected chi connectivity index (χ0v) is 19.2. The van der Waals surface area contributed by atoms with Crippen LogP contribution in [0.15, 0.2) is 54.6 Å². The fourth-order valence-corrected chi connectivity index (χ4v) is 4.07. The van der Waals surface area contributed by atoms with Crippen molar-refractivity contribution in [3.05, 3.63) is 60.2 Å². The maximum absolute atomic E-state index is 5.79. The lowest BCUT2D eigenvalue weighted by atomic mass is 9.97. The minimum atomic E-state index is 0.826. The van der Waals surface area contributed by atoms with Gasteiger partial charge in [0.05, 0.1) is 6.33 Å². The normalized spacial score (nSPS) is 13.6. The number of nitrogens with zero attached hydrogens (tertiary/aromatic N) is 4. The molecule has 6 heteroatoms. The van der Waals surface area contributed by atoms with Crippen LogP contribution in [-0.2, 0) is 13.1 Å². The van der Waals surface area contributed by atoms with Crippen molar-refractivity contribution in [1.29, 1.82) is 0 Å². The van der Waals surface area contributed by atoms with Crippen LogP contribution in [0.2, 0.25) is 0 Å². The van der Waals surface area contributed by atoms with Crippen LogP contribution in [0.4, 0.5) is 5.69 Å². The molecule has 1 aliphatic carbocycles. The second-order valence-corrected chi connectivity index (χ2v) is 8.61. The highest BCUT2D eigenvalue weighted by Gasteiger charge is 2.11. The molecule has 0 amide bonds. The number of hydrogen-bond acceptors (Lipinski definition) is 3. The topological polar surface area (TPSA) is 36.3 Å². The number of anilines is 1. The minimum absolute atomic E-state index is 0.826. The summed E-state index contributed by atoms with van der Waals surface area (Å²) in [4.78, 5) is 8.55. The van der Waals surface area contributed by atoms with Crippen molar-refractivity contribution in [1.82, 2.24) is 19.8 Å². The van der Waals surface area contributed by atoms with E-state index in [9.17, 15) is 0 Å². The first-order chi connectivity index (χ1) is 14.6. The monoisotopic (exact) mass is 425 g/mol. The molecule has 0 spiro atoms. The van der Waals surface area contributed by atoms with Crippen molar-refractivity contribution in [3.63, 3.8) is 0 Å². The van der Waals surface area contributed by atoms with Gasteiger partial charge in [-0.15, -0.1) is 0 Å². The molecule has 162 valence electrons. The second-order valence-electron chi connectivity index (χ2n) is 8.23. The van der Waals surface area contributed by atoms with Gasteiger partial charge in [0, 0.05) is 58.4 Å². The molecule has 0 saturated heterocycles. The second kappa shape index (κ2) is 11.7. The van der Waals surface area contributed by atoms with Gasteiger partial charge in [0.15, 0.2) is 5.11 Å². The summed E-state index contributed by atoms with van der Waals surface area (Å²) in [7, 11) is 4.14. The third-order valence-corrected chi connectivity index (χ3v) is 6.03. The number of thiocarbonyl (C=S) groups is 1. The number of aryl methyl sites for hydroxylation is 1. The van der Waals surface area contributed by atoms with E-state index in [1.165, 1.54) is 36.9 Å². The number of imidazole rings is 1. The summed E-state index contributed by atoms with van der Waals surface area (Å²) >= 11 is 5.79. The molecule has 1 aliphatic rings. The molecule has 1 aromatic heterocycles. The quantitative estimate of drug-likeness (QED) is 0.444. The van der Waals surface area contributed by atoms with Gasteiger partial charge in [-0.05, 0) is 68.4 Å². The first-order valence-corrected chi connectivity index (χ1v) is 11.5. The number of nitrogens with one attached hydrogen (secondary N) is 1. The van der Waals surface area contributed by atoms with Crippen molar-refractivity contribution in [2.45, 2.75) is 51.6 Å². The molecule has 2 aromatic rings. The molecule has 0 atom stereocenters. The first-order valence-electron chi connectivity index (χ1n) is 11.0. The molecule has 5 nitrogen and oxygen atoms in total. The van der Waals surface area contributed by atoms with Crippen LogP contribution in [0.3, 0.4) is 0 Å². The summed E-state index contributed by atoms with van der Waals surface area (Å²) in [6.45, 7) is 3.61. The van der Waals surface area contributed by atoms with Gasteiger partial charge in [-0.25, -0.2) is 4.98 Å². The van der Waals surface area contributed by atoms with Crippen molar-refractivity contribution in [3.8, 4) is 0 Å². The Labute approximate surface area is 186 Å². The lowest BCUT2D eigenvalue weighted by molar-refractivity contribution is 0.385. The molecule has 0 bridgehead atoms. The number of aromatic nitrogens is 2. The number of allylic oxidation sites excluding steroid dienone is 1. The van der Waals surface area contributed by atoms with E-state index < -0.39 is 0 Å². The standard InChI is InChI=1S/C24H35N5S/c1-27(2)23-11-9-22(10-12-23)19-29(17-6-16-28-18-15-25-20-28)24(30)26-14-13-21-7-4-3-5-8-21/h7,9-12,15,18,20H,3-6,8,13-14,16-17,19H2,1-2H3,(H,26,30). The predicted octanol–water partition coefficient (Wildman–Crippen LogP) is 4.61. The van der Waals surface area contributed by atoms with Crippen LogP contribution in [0.5, 0.6) is 0 Å². The molecule has 0 radical (unpaired) electrons. The van der Waals surface area contributed by atoms with Crippen molar-refractivity contribution in [2.75, 3.05) is 32.1 Å². The highest BCUT2D eigenvalue weighted by atomic mass is 32.1. The molecule has 0 aliphatic heterocycles. The molecular formula is C24H35N5S. The smallest absolute Gasteiger partial charge is 0.169 e. The van der Waals surface area contributed by atoms with Crippen molar-refractivity contribution < 1.29 is 0 Å². The summed E-state index contributed by atoms with van der Waals surface area (Å²) in [6.07, 6.45) is 15.4. The Hall–Kier alpha value is -2.34. The molecule has 0 fully saturated rings. The maximum Gasteiger partial charge on any atom is 0.169 e. The minimum Gasteiger partial charge on any atom is -0.378 e. The maximum atomic E-state index is 5.79. The average molecular weight is 426 g/mol. The molecule has 30 heavy (non-hydrogen) atoms. The van der Waals surface area contributed by atoms with Crippen LogP contribution in [0.25, 0.3) is 0 Å². The molecule has 3 rings (SSSR count). The molecule has 0 unspecified atom stereocenters. The highest BCUT2D eigenvalue weighted by molar-refractivity contribution is 7.80. The van der Waals surface area contributed by atoms with Gasteiger partial charge in [-0.2, -0.15) is 0 Å². The molecule has 1 heterocycles. The van der Waals surface area contributed by atoms with E-state index in [-0.39, 0.29) is 0 Å². The van der Waals surface area contributed by atoms with Gasteiger partial charge < -0.3 is 19.7 Å². The summed E-state index contributed by atoms with van der Waals surface area (Å²) < 4.78 is 2.12. The summed E-state index contributed by atoms with van der Waals surface area (Å²) in [5.41, 5.74) is 4.08. The van der Waals surface area contributed by atoms with E-state index >= 15 is 0 Å². The van der Waals surface area contributed by atoms with Gasteiger partial charge in [-0.3, -0.25) is 0 Å². The summed E-state index contributed by atoms with van der Waals surface area (Å²) in [5.74, 6) is 0. The fourth-order valence-electron chi connectivity index (χ4n) is 3.81. The Bertz CT molecular complexity index is 796. The average Bonchev–Trinajstić information content (AvgIpc) is 3.27. The van der Waals surface area contributed by atoms with Crippen LogP contribution >= 0.6 is 12.2 Å². The van der Waals surface area contributed by atoms with Gasteiger partial charge in [-0.1, -0.05) is 23.8 Å². The zero-order valence-electron chi connectivity index (χ0n) is 18.4. The Kier molecular flexibility index (Phi) is 8.75. The lowest BCUT2D eigenvalue weighted by Gasteiger charge is -2.27. The number of benzene rings is 1. The Morgan fingerprint density at radius 3 is 2.70 bits per heavy atom. The number of rotatable bonds is 10. The third-order valence-electron chi connectivity index (χ3n) is 5.62. The van der Waals surface area contributed by atoms with Gasteiger partial charge >= 0.3 is 0 Å². The van der Waals surface area contributed by atoms with Crippen LogP contribution in [0.1, 0.15) is 44.1 Å². The van der Waals surface area contributed by atoms with E-state index in [2.05, 4.69) is 69.1 Å². The van der Waals surface area contributed by atoms with E-state index in [0.717, 1.165) is 44.1 Å².